The average Bonchev–Trinajstić information content (AvgIpc) is 3.13. The van der Waals surface area contributed by atoms with Crippen molar-refractivity contribution in [3.05, 3.63) is 95.3 Å². The number of carbonyl (C=O) groups excluding carboxylic acids is 1. The molecule has 0 saturated carbocycles. The molecule has 6 heteroatoms. The Bertz CT molecular complexity index is 1180. The Morgan fingerprint density at radius 1 is 1.09 bits per heavy atom. The molecule has 6 nitrogen and oxygen atoms in total. The van der Waals surface area contributed by atoms with Crippen molar-refractivity contribution in [3.8, 4) is 5.75 Å². The molecule has 0 aliphatic carbocycles. The fourth-order valence-electron chi connectivity index (χ4n) is 3.56. The lowest BCUT2D eigenvalue weighted by atomic mass is 10.1. The predicted octanol–water partition coefficient (Wildman–Crippen LogP) is 4.78. The molecule has 0 aliphatic heterocycles. The van der Waals surface area contributed by atoms with Crippen molar-refractivity contribution in [1.82, 2.24) is 20.0 Å². The van der Waals surface area contributed by atoms with E-state index in [9.17, 15) is 9.90 Å². The zero-order chi connectivity index (χ0) is 24.0. The first-order chi connectivity index (χ1) is 15.8. The number of aromatic hydroxyl groups is 1. The number of nitrogens with zero attached hydrogens (tertiary/aromatic N) is 3. The highest BCUT2D eigenvalue weighted by molar-refractivity contribution is 5.95. The van der Waals surface area contributed by atoms with Gasteiger partial charge in [-0.3, -0.25) is 4.79 Å². The molecule has 0 fully saturated rings. The molecule has 0 atom stereocenters. The van der Waals surface area contributed by atoms with Gasteiger partial charge in [-0.05, 0) is 62.1 Å². The molecule has 2 N–H and O–H groups in total. The maximum atomic E-state index is 12.7. The molecule has 0 spiro atoms. The molecule has 1 amide bonds. The van der Waals surface area contributed by atoms with E-state index in [-0.39, 0.29) is 11.7 Å². The van der Waals surface area contributed by atoms with E-state index in [0.717, 1.165) is 34.6 Å². The lowest BCUT2D eigenvalue weighted by Gasteiger charge is -2.19. The second-order valence-electron chi connectivity index (χ2n) is 8.22. The van der Waals surface area contributed by atoms with E-state index in [2.05, 4.69) is 17.0 Å². The zero-order valence-electron chi connectivity index (χ0n) is 19.8. The zero-order valence-corrected chi connectivity index (χ0v) is 19.8. The largest absolute Gasteiger partial charge is 0.507 e. The van der Waals surface area contributed by atoms with Gasteiger partial charge < -0.3 is 15.3 Å². The Hall–Kier alpha value is -3.80. The van der Waals surface area contributed by atoms with E-state index >= 15 is 0 Å². The van der Waals surface area contributed by atoms with Crippen molar-refractivity contribution in [3.63, 3.8) is 0 Å². The van der Waals surface area contributed by atoms with Gasteiger partial charge in [-0.1, -0.05) is 43.0 Å². The van der Waals surface area contributed by atoms with Crippen LogP contribution in [0.25, 0.3) is 11.4 Å². The van der Waals surface area contributed by atoms with Crippen LogP contribution < -0.4 is 5.32 Å². The van der Waals surface area contributed by atoms with E-state index in [1.807, 2.05) is 81.2 Å². The van der Waals surface area contributed by atoms with Crippen LogP contribution in [-0.2, 0) is 0 Å². The van der Waals surface area contributed by atoms with Crippen LogP contribution in [0.1, 0.15) is 39.2 Å². The monoisotopic (exact) mass is 444 g/mol. The van der Waals surface area contributed by atoms with Crippen LogP contribution in [0.5, 0.6) is 5.75 Å². The molecule has 1 heterocycles. The Morgan fingerprint density at radius 2 is 1.76 bits per heavy atom. The lowest BCUT2D eigenvalue weighted by Crippen LogP contribution is -2.30. The first kappa shape index (κ1) is 23.9. The van der Waals surface area contributed by atoms with Crippen molar-refractivity contribution >= 4 is 17.3 Å². The summed E-state index contributed by atoms with van der Waals surface area (Å²) in [5.41, 5.74) is 5.15. The fraction of sp³-hybridized carbons (Fsp3) is 0.259. The van der Waals surface area contributed by atoms with Crippen molar-refractivity contribution in [1.29, 1.82) is 0 Å². The molecular formula is C27H32N4O2. The maximum Gasteiger partial charge on any atom is 0.253 e. The maximum absolute atomic E-state index is 12.7. The average molecular weight is 445 g/mol. The van der Waals surface area contributed by atoms with Crippen LogP contribution in [0, 0.1) is 20.8 Å². The molecule has 0 bridgehead atoms. The molecule has 3 aromatic rings. The molecule has 0 unspecified atom stereocenters. The van der Waals surface area contributed by atoms with Crippen molar-refractivity contribution in [2.45, 2.75) is 27.2 Å². The van der Waals surface area contributed by atoms with Gasteiger partial charge in [0.25, 0.3) is 5.91 Å². The van der Waals surface area contributed by atoms with Gasteiger partial charge in [0.15, 0.2) is 0 Å². The highest BCUT2D eigenvalue weighted by Crippen LogP contribution is 2.25. The summed E-state index contributed by atoms with van der Waals surface area (Å²) in [4.78, 5) is 14.5. The number of nitrogens with one attached hydrogen (secondary N) is 1. The van der Waals surface area contributed by atoms with Gasteiger partial charge in [-0.25, -0.2) is 4.68 Å². The number of phenolic OH excluding ortho intramolecular Hbond substituents is 1. The Morgan fingerprint density at radius 3 is 2.39 bits per heavy atom. The van der Waals surface area contributed by atoms with Crippen molar-refractivity contribution < 1.29 is 9.90 Å². The molecule has 3 rings (SSSR count). The second-order valence-corrected chi connectivity index (χ2v) is 8.22. The standard InChI is InChI=1S/C27H32N4O2/c1-19-11-6-7-13-24(19)27(33)30(5)16-10-15-28-26(31-22(4)21(3)18-29-31)17-20(2)23-12-8-9-14-25(23)32/h6-9,11-14,17-18,28,32H,2,10,15-16H2,1,3-5H3/b26-17-. The summed E-state index contributed by atoms with van der Waals surface area (Å²) in [5, 5.41) is 18.1. The summed E-state index contributed by atoms with van der Waals surface area (Å²) in [7, 11) is 1.83. The van der Waals surface area contributed by atoms with E-state index in [1.54, 1.807) is 17.0 Å². The summed E-state index contributed by atoms with van der Waals surface area (Å²) >= 11 is 0. The Labute approximate surface area is 195 Å². The van der Waals surface area contributed by atoms with E-state index in [0.29, 0.717) is 24.2 Å². The SMILES string of the molecule is C=C(/C=C(/NCCCN(C)C(=O)c1ccccc1C)n1ncc(C)c1C)c1ccccc1O. The van der Waals surface area contributed by atoms with Gasteiger partial charge in [0.05, 0.1) is 6.20 Å². The number of phenols is 1. The van der Waals surface area contributed by atoms with Gasteiger partial charge in [0, 0.05) is 37.0 Å². The third kappa shape index (κ3) is 5.71. The highest BCUT2D eigenvalue weighted by atomic mass is 16.3. The first-order valence-corrected chi connectivity index (χ1v) is 11.0. The minimum atomic E-state index is 0.0235. The van der Waals surface area contributed by atoms with Gasteiger partial charge >= 0.3 is 0 Å². The number of para-hydroxylation sites is 1. The van der Waals surface area contributed by atoms with Crippen LogP contribution >= 0.6 is 0 Å². The normalized spacial score (nSPS) is 11.3. The van der Waals surface area contributed by atoms with Crippen LogP contribution in [0.3, 0.4) is 0 Å². The van der Waals surface area contributed by atoms with Crippen molar-refractivity contribution in [2.75, 3.05) is 20.1 Å². The summed E-state index contributed by atoms with van der Waals surface area (Å²) < 4.78 is 1.84. The van der Waals surface area contributed by atoms with Gasteiger partial charge in [-0.15, -0.1) is 0 Å². The van der Waals surface area contributed by atoms with Gasteiger partial charge in [0.2, 0.25) is 0 Å². The summed E-state index contributed by atoms with van der Waals surface area (Å²) in [5.74, 6) is 0.972. The summed E-state index contributed by atoms with van der Waals surface area (Å²) in [6.07, 6.45) is 4.47. The number of hydrogen-bond donors (Lipinski definition) is 2. The lowest BCUT2D eigenvalue weighted by molar-refractivity contribution is 0.0793. The number of hydrogen-bond acceptors (Lipinski definition) is 4. The molecule has 0 radical (unpaired) electrons. The predicted molar refractivity (Wildman–Crippen MR) is 134 cm³/mol. The minimum absolute atomic E-state index is 0.0235. The first-order valence-electron chi connectivity index (χ1n) is 11.0. The number of aromatic nitrogens is 2. The summed E-state index contributed by atoms with van der Waals surface area (Å²) in [6.45, 7) is 11.4. The number of allylic oxidation sites excluding steroid dienone is 2. The van der Waals surface area contributed by atoms with E-state index in [1.165, 1.54) is 0 Å². The second kappa shape index (κ2) is 10.7. The highest BCUT2D eigenvalue weighted by Gasteiger charge is 2.14. The third-order valence-electron chi connectivity index (χ3n) is 5.74. The van der Waals surface area contributed by atoms with E-state index in [4.69, 9.17) is 0 Å². The molecule has 172 valence electrons. The summed E-state index contributed by atoms with van der Waals surface area (Å²) in [6, 6.07) is 14.8. The van der Waals surface area contributed by atoms with Crippen molar-refractivity contribution in [2.24, 2.45) is 0 Å². The fourth-order valence-corrected chi connectivity index (χ4v) is 3.56. The molecule has 33 heavy (non-hydrogen) atoms. The molecule has 0 aliphatic rings. The smallest absolute Gasteiger partial charge is 0.253 e. The molecular weight excluding hydrogens is 412 g/mol. The van der Waals surface area contributed by atoms with E-state index < -0.39 is 0 Å². The van der Waals surface area contributed by atoms with Crippen LogP contribution in [-0.4, -0.2) is 45.8 Å². The quantitative estimate of drug-likeness (QED) is 0.368. The molecule has 0 saturated heterocycles. The van der Waals surface area contributed by atoms with Crippen LogP contribution in [0.15, 0.2) is 67.4 Å². The minimum Gasteiger partial charge on any atom is -0.507 e. The molecule has 1 aromatic heterocycles. The topological polar surface area (TPSA) is 70.4 Å². The number of rotatable bonds is 9. The van der Waals surface area contributed by atoms with Crippen LogP contribution in [0.2, 0.25) is 0 Å². The Kier molecular flexibility index (Phi) is 7.72. The number of amides is 1. The van der Waals surface area contributed by atoms with Crippen LogP contribution in [0.4, 0.5) is 0 Å². The van der Waals surface area contributed by atoms with Gasteiger partial charge in [0.1, 0.15) is 11.6 Å². The Balaban J connectivity index is 1.69. The number of benzene rings is 2. The molecule has 2 aromatic carbocycles. The number of aryl methyl sites for hydroxylation is 2. The third-order valence-corrected chi connectivity index (χ3v) is 5.74. The van der Waals surface area contributed by atoms with Gasteiger partial charge in [-0.2, -0.15) is 5.10 Å². The number of carbonyl (C=O) groups is 1.